The van der Waals surface area contributed by atoms with Crippen LogP contribution >= 0.6 is 0 Å². The molecule has 2 unspecified atom stereocenters. The molecular weight excluding hydrogens is 250 g/mol. The zero-order valence-electron chi connectivity index (χ0n) is 13.7. The zero-order chi connectivity index (χ0) is 14.9. The third kappa shape index (κ3) is 3.44. The molecule has 0 fully saturated rings. The van der Waals surface area contributed by atoms with Crippen molar-refractivity contribution < 1.29 is 9.15 Å². The molecular formula is C17H29NO2. The summed E-state index contributed by atoms with van der Waals surface area (Å²) < 4.78 is 11.3. The number of nitrogens with one attached hydrogen (secondary N) is 1. The van der Waals surface area contributed by atoms with Gasteiger partial charge in [0.05, 0.1) is 6.61 Å². The van der Waals surface area contributed by atoms with Gasteiger partial charge in [0, 0.05) is 31.2 Å². The maximum atomic E-state index is 5.90. The molecule has 114 valence electrons. The number of rotatable bonds is 5. The van der Waals surface area contributed by atoms with Crippen LogP contribution in [0, 0.1) is 18.3 Å². The molecule has 0 radical (unpaired) electrons. The second-order valence-electron chi connectivity index (χ2n) is 7.31. The largest absolute Gasteiger partial charge is 0.466 e. The van der Waals surface area contributed by atoms with E-state index in [9.17, 15) is 0 Å². The van der Waals surface area contributed by atoms with Gasteiger partial charge in [-0.15, -0.1) is 0 Å². The van der Waals surface area contributed by atoms with Crippen molar-refractivity contribution in [3.63, 3.8) is 0 Å². The average molecular weight is 279 g/mol. The Kier molecular flexibility index (Phi) is 4.60. The number of ether oxygens (including phenoxy) is 1. The second-order valence-corrected chi connectivity index (χ2v) is 7.31. The standard InChI is InChI=1S/C17H29NO2/c1-11(2)15(10-19-6)18-14-8-17(4,5)9-16-13(14)7-12(3)20-16/h7,11,14-15,18H,8-10H2,1-6H3. The smallest absolute Gasteiger partial charge is 0.109 e. The molecule has 2 rings (SSSR count). The molecule has 0 spiro atoms. The molecule has 1 aromatic rings. The van der Waals surface area contributed by atoms with Crippen LogP contribution in [0.15, 0.2) is 10.5 Å². The summed E-state index contributed by atoms with van der Waals surface area (Å²) in [4.78, 5) is 0. The lowest BCUT2D eigenvalue weighted by Gasteiger charge is -2.37. The van der Waals surface area contributed by atoms with Crippen LogP contribution in [0.3, 0.4) is 0 Å². The minimum absolute atomic E-state index is 0.281. The van der Waals surface area contributed by atoms with Gasteiger partial charge in [-0.05, 0) is 30.7 Å². The lowest BCUT2D eigenvalue weighted by Crippen LogP contribution is -2.43. The van der Waals surface area contributed by atoms with Gasteiger partial charge in [-0.3, -0.25) is 0 Å². The van der Waals surface area contributed by atoms with Gasteiger partial charge in [-0.1, -0.05) is 27.7 Å². The number of hydrogen-bond donors (Lipinski definition) is 1. The van der Waals surface area contributed by atoms with E-state index < -0.39 is 0 Å². The highest BCUT2D eigenvalue weighted by Gasteiger charge is 2.35. The molecule has 3 heteroatoms. The SMILES string of the molecule is COCC(NC1CC(C)(C)Cc2oc(C)cc21)C(C)C. The minimum atomic E-state index is 0.281. The second kappa shape index (κ2) is 5.90. The Morgan fingerprint density at radius 1 is 1.45 bits per heavy atom. The van der Waals surface area contributed by atoms with Crippen LogP contribution < -0.4 is 5.32 Å². The van der Waals surface area contributed by atoms with Gasteiger partial charge >= 0.3 is 0 Å². The highest BCUT2D eigenvalue weighted by atomic mass is 16.5. The van der Waals surface area contributed by atoms with E-state index in [0.29, 0.717) is 18.0 Å². The van der Waals surface area contributed by atoms with Crippen LogP contribution in [0.1, 0.15) is 57.2 Å². The molecule has 3 nitrogen and oxygen atoms in total. The molecule has 0 saturated carbocycles. The van der Waals surface area contributed by atoms with Crippen LogP contribution in [0.2, 0.25) is 0 Å². The quantitative estimate of drug-likeness (QED) is 0.888. The topological polar surface area (TPSA) is 34.4 Å². The Hall–Kier alpha value is -0.800. The van der Waals surface area contributed by atoms with Crippen molar-refractivity contribution in [2.24, 2.45) is 11.3 Å². The van der Waals surface area contributed by atoms with Gasteiger partial charge in [0.1, 0.15) is 11.5 Å². The fraction of sp³-hybridized carbons (Fsp3) is 0.765. The summed E-state index contributed by atoms with van der Waals surface area (Å²) in [6, 6.07) is 2.95. The van der Waals surface area contributed by atoms with Gasteiger partial charge in [0.25, 0.3) is 0 Å². The predicted molar refractivity (Wildman–Crippen MR) is 81.9 cm³/mol. The zero-order valence-corrected chi connectivity index (χ0v) is 13.7. The summed E-state index contributed by atoms with van der Waals surface area (Å²) >= 11 is 0. The number of fused-ring (bicyclic) bond motifs is 1. The summed E-state index contributed by atoms with van der Waals surface area (Å²) in [6.45, 7) is 11.9. The fourth-order valence-electron chi connectivity index (χ4n) is 3.20. The van der Waals surface area contributed by atoms with Crippen LogP contribution in [0.5, 0.6) is 0 Å². The maximum Gasteiger partial charge on any atom is 0.109 e. The minimum Gasteiger partial charge on any atom is -0.466 e. The monoisotopic (exact) mass is 279 g/mol. The summed E-state index contributed by atoms with van der Waals surface area (Å²) in [6.07, 6.45) is 2.18. The molecule has 1 aromatic heterocycles. The molecule has 0 saturated heterocycles. The van der Waals surface area contributed by atoms with Crippen LogP contribution in [0.25, 0.3) is 0 Å². The average Bonchev–Trinajstić information content (AvgIpc) is 2.67. The van der Waals surface area contributed by atoms with Crippen molar-refractivity contribution in [2.75, 3.05) is 13.7 Å². The predicted octanol–water partition coefficient (Wildman–Crippen LogP) is 3.86. The van der Waals surface area contributed by atoms with Crippen molar-refractivity contribution >= 4 is 0 Å². The summed E-state index contributed by atoms with van der Waals surface area (Å²) in [5.74, 6) is 2.74. The fourth-order valence-corrected chi connectivity index (χ4v) is 3.20. The van der Waals surface area contributed by atoms with Gasteiger partial charge in [0.2, 0.25) is 0 Å². The summed E-state index contributed by atoms with van der Waals surface area (Å²) in [5, 5.41) is 3.80. The van der Waals surface area contributed by atoms with Crippen molar-refractivity contribution in [3.8, 4) is 0 Å². The highest BCUT2D eigenvalue weighted by molar-refractivity contribution is 5.29. The molecule has 1 aliphatic rings. The third-order valence-corrected chi connectivity index (χ3v) is 4.30. The van der Waals surface area contributed by atoms with Gasteiger partial charge in [-0.2, -0.15) is 0 Å². The van der Waals surface area contributed by atoms with E-state index in [0.717, 1.165) is 31.0 Å². The van der Waals surface area contributed by atoms with Gasteiger partial charge in [0.15, 0.2) is 0 Å². The lowest BCUT2D eigenvalue weighted by atomic mass is 9.74. The number of furan rings is 1. The van der Waals surface area contributed by atoms with E-state index >= 15 is 0 Å². The van der Waals surface area contributed by atoms with Crippen molar-refractivity contribution in [2.45, 2.75) is 59.5 Å². The molecule has 20 heavy (non-hydrogen) atoms. The first-order chi connectivity index (χ1) is 9.32. The number of hydrogen-bond acceptors (Lipinski definition) is 3. The van der Waals surface area contributed by atoms with Gasteiger partial charge in [-0.25, -0.2) is 0 Å². The van der Waals surface area contributed by atoms with E-state index in [1.54, 1.807) is 7.11 Å². The van der Waals surface area contributed by atoms with E-state index in [2.05, 4.69) is 39.1 Å². The number of methoxy groups -OCH3 is 1. The van der Waals surface area contributed by atoms with Gasteiger partial charge < -0.3 is 14.5 Å². The maximum absolute atomic E-state index is 5.90. The van der Waals surface area contributed by atoms with E-state index in [1.165, 1.54) is 5.56 Å². The Bertz CT molecular complexity index is 448. The first kappa shape index (κ1) is 15.6. The van der Waals surface area contributed by atoms with Crippen molar-refractivity contribution in [3.05, 3.63) is 23.2 Å². The Morgan fingerprint density at radius 3 is 2.75 bits per heavy atom. The first-order valence-electron chi connectivity index (χ1n) is 7.66. The van der Waals surface area contributed by atoms with E-state index in [1.807, 2.05) is 6.92 Å². The van der Waals surface area contributed by atoms with Crippen LogP contribution in [-0.2, 0) is 11.2 Å². The Balaban J connectivity index is 2.21. The Labute approximate surface area is 123 Å². The molecule has 1 N–H and O–H groups in total. The molecule has 2 atom stereocenters. The molecule has 0 amide bonds. The first-order valence-corrected chi connectivity index (χ1v) is 7.66. The molecule has 0 aromatic carbocycles. The summed E-state index contributed by atoms with van der Waals surface area (Å²) in [5.41, 5.74) is 1.63. The normalized spacial score (nSPS) is 22.9. The molecule has 0 aliphatic heterocycles. The van der Waals surface area contributed by atoms with Crippen molar-refractivity contribution in [1.29, 1.82) is 0 Å². The van der Waals surface area contributed by atoms with E-state index in [-0.39, 0.29) is 5.41 Å². The van der Waals surface area contributed by atoms with Crippen molar-refractivity contribution in [1.82, 2.24) is 5.32 Å². The lowest BCUT2D eigenvalue weighted by molar-refractivity contribution is 0.128. The highest BCUT2D eigenvalue weighted by Crippen LogP contribution is 2.42. The van der Waals surface area contributed by atoms with Crippen LogP contribution in [-0.4, -0.2) is 19.8 Å². The molecule has 1 heterocycles. The molecule has 0 bridgehead atoms. The van der Waals surface area contributed by atoms with E-state index in [4.69, 9.17) is 9.15 Å². The number of aryl methyl sites for hydroxylation is 1. The third-order valence-electron chi connectivity index (χ3n) is 4.30. The molecule has 1 aliphatic carbocycles. The van der Waals surface area contributed by atoms with Crippen LogP contribution in [0.4, 0.5) is 0 Å². The summed E-state index contributed by atoms with van der Waals surface area (Å²) in [7, 11) is 1.77. The Morgan fingerprint density at radius 2 is 2.15 bits per heavy atom.